The van der Waals surface area contributed by atoms with Crippen LogP contribution in [0.3, 0.4) is 0 Å². The van der Waals surface area contributed by atoms with E-state index in [0.29, 0.717) is 47.1 Å². The van der Waals surface area contributed by atoms with E-state index in [1.165, 1.54) is 0 Å². The normalized spacial score (nSPS) is 12.0. The van der Waals surface area contributed by atoms with Gasteiger partial charge in [-0.2, -0.15) is 0 Å². The monoisotopic (exact) mass is 428 g/mol. The van der Waals surface area contributed by atoms with Gasteiger partial charge in [0.1, 0.15) is 5.82 Å². The van der Waals surface area contributed by atoms with Crippen LogP contribution < -0.4 is 10.9 Å². The van der Waals surface area contributed by atoms with Gasteiger partial charge in [-0.05, 0) is 44.2 Å². The smallest absolute Gasteiger partial charge is 0.322 e. The number of methoxy groups -OCH3 is 1. The molecule has 3 rings (SSSR count). The Morgan fingerprint density at radius 3 is 2.67 bits per heavy atom. The number of hydrogen-bond acceptors (Lipinski definition) is 4. The van der Waals surface area contributed by atoms with Crippen molar-refractivity contribution in [2.45, 2.75) is 26.4 Å². The molecule has 0 saturated heterocycles. The van der Waals surface area contributed by atoms with E-state index in [1.54, 1.807) is 34.8 Å². The van der Waals surface area contributed by atoms with E-state index in [-0.39, 0.29) is 11.6 Å². The molecule has 3 aromatic rings. The van der Waals surface area contributed by atoms with Crippen LogP contribution in [0.4, 0.5) is 10.5 Å². The Balaban J connectivity index is 2.02. The molecule has 7 nitrogen and oxygen atoms in total. The zero-order chi connectivity index (χ0) is 21.7. The van der Waals surface area contributed by atoms with Crippen LogP contribution in [0.2, 0.25) is 5.02 Å². The highest BCUT2D eigenvalue weighted by Crippen LogP contribution is 2.22. The number of hydrogen-bond donors (Lipinski definition) is 1. The van der Waals surface area contributed by atoms with Crippen molar-refractivity contribution in [3.05, 3.63) is 69.7 Å². The first-order chi connectivity index (χ1) is 14.5. The Bertz CT molecular complexity index is 1080. The van der Waals surface area contributed by atoms with Crippen LogP contribution in [0.15, 0.2) is 53.3 Å². The Morgan fingerprint density at radius 2 is 2.00 bits per heavy atom. The lowest BCUT2D eigenvalue weighted by Crippen LogP contribution is -2.41. The maximum atomic E-state index is 13.1. The summed E-state index contributed by atoms with van der Waals surface area (Å²) in [5.74, 6) is 0.497. The molecule has 158 valence electrons. The predicted molar refractivity (Wildman–Crippen MR) is 119 cm³/mol. The third-order valence-electron chi connectivity index (χ3n) is 4.93. The van der Waals surface area contributed by atoms with Gasteiger partial charge in [-0.15, -0.1) is 0 Å². The first-order valence-electron chi connectivity index (χ1n) is 9.77. The quantitative estimate of drug-likeness (QED) is 0.608. The highest BCUT2D eigenvalue weighted by molar-refractivity contribution is 6.31. The average molecular weight is 429 g/mol. The van der Waals surface area contributed by atoms with Crippen LogP contribution in [0, 0.1) is 0 Å². The molecule has 1 atom stereocenters. The molecule has 1 aromatic heterocycles. The number of benzene rings is 2. The van der Waals surface area contributed by atoms with E-state index in [4.69, 9.17) is 21.3 Å². The predicted octanol–water partition coefficient (Wildman–Crippen LogP) is 4.31. The molecule has 0 aliphatic carbocycles. The summed E-state index contributed by atoms with van der Waals surface area (Å²) in [6.45, 7) is 4.85. The lowest BCUT2D eigenvalue weighted by molar-refractivity contribution is 0.136. The summed E-state index contributed by atoms with van der Waals surface area (Å²) < 4.78 is 6.79. The van der Waals surface area contributed by atoms with Gasteiger partial charge in [-0.3, -0.25) is 9.36 Å². The minimum atomic E-state index is -0.472. The fourth-order valence-corrected chi connectivity index (χ4v) is 3.52. The average Bonchev–Trinajstić information content (AvgIpc) is 2.74. The Kier molecular flexibility index (Phi) is 7.07. The summed E-state index contributed by atoms with van der Waals surface area (Å²) in [4.78, 5) is 32.4. The Labute approximate surface area is 180 Å². The van der Waals surface area contributed by atoms with Crippen LogP contribution in [-0.4, -0.2) is 40.7 Å². The molecule has 30 heavy (non-hydrogen) atoms. The second-order valence-corrected chi connectivity index (χ2v) is 7.28. The van der Waals surface area contributed by atoms with Crippen molar-refractivity contribution in [1.29, 1.82) is 0 Å². The van der Waals surface area contributed by atoms with Crippen molar-refractivity contribution in [3.8, 4) is 0 Å². The van der Waals surface area contributed by atoms with Crippen molar-refractivity contribution >= 4 is 34.2 Å². The number of rotatable bonds is 7. The van der Waals surface area contributed by atoms with Gasteiger partial charge in [0, 0.05) is 30.9 Å². The second kappa shape index (κ2) is 9.73. The zero-order valence-electron chi connectivity index (χ0n) is 17.3. The molecule has 0 spiro atoms. The topological polar surface area (TPSA) is 76.5 Å². The SMILES string of the molecule is CCn1c(C(C)N(CCOC)C(=O)Nc2ccccc2)nc2cc(Cl)ccc2c1=O. The fourth-order valence-electron chi connectivity index (χ4n) is 3.35. The molecule has 8 heteroatoms. The largest absolute Gasteiger partial charge is 0.383 e. The first kappa shape index (κ1) is 21.8. The van der Waals surface area contributed by atoms with Gasteiger partial charge in [0.2, 0.25) is 0 Å². The van der Waals surface area contributed by atoms with Gasteiger partial charge in [0.05, 0.1) is 23.6 Å². The number of carbonyl (C=O) groups is 1. The summed E-state index contributed by atoms with van der Waals surface area (Å²) in [7, 11) is 1.58. The first-order valence-corrected chi connectivity index (χ1v) is 10.2. The number of fused-ring (bicyclic) bond motifs is 1. The summed E-state index contributed by atoms with van der Waals surface area (Å²) in [6, 6.07) is 13.5. The number of amides is 2. The molecule has 0 aliphatic rings. The Hall–Kier alpha value is -2.90. The molecule has 0 saturated carbocycles. The number of nitrogens with zero attached hydrogens (tertiary/aromatic N) is 3. The Morgan fingerprint density at radius 1 is 1.27 bits per heavy atom. The number of ether oxygens (including phenoxy) is 1. The van der Waals surface area contributed by atoms with Crippen LogP contribution in [0.1, 0.15) is 25.7 Å². The molecular formula is C22H25ClN4O3. The summed E-state index contributed by atoms with van der Waals surface area (Å²) in [6.07, 6.45) is 0. The van der Waals surface area contributed by atoms with Crippen LogP contribution >= 0.6 is 11.6 Å². The minimum Gasteiger partial charge on any atom is -0.383 e. The summed E-state index contributed by atoms with van der Waals surface area (Å²) >= 11 is 6.11. The summed E-state index contributed by atoms with van der Waals surface area (Å²) in [5, 5.41) is 3.89. The summed E-state index contributed by atoms with van der Waals surface area (Å²) in [5.41, 5.74) is 1.04. The van der Waals surface area contributed by atoms with E-state index in [9.17, 15) is 9.59 Å². The van der Waals surface area contributed by atoms with Crippen molar-refractivity contribution in [3.63, 3.8) is 0 Å². The molecule has 2 aromatic carbocycles. The van der Waals surface area contributed by atoms with E-state index in [0.717, 1.165) is 0 Å². The van der Waals surface area contributed by atoms with Crippen molar-refractivity contribution in [1.82, 2.24) is 14.5 Å². The maximum Gasteiger partial charge on any atom is 0.322 e. The van der Waals surface area contributed by atoms with E-state index in [2.05, 4.69) is 5.32 Å². The van der Waals surface area contributed by atoms with Gasteiger partial charge in [-0.1, -0.05) is 29.8 Å². The van der Waals surface area contributed by atoms with Gasteiger partial charge < -0.3 is 15.0 Å². The van der Waals surface area contributed by atoms with Crippen LogP contribution in [0.25, 0.3) is 10.9 Å². The van der Waals surface area contributed by atoms with Crippen molar-refractivity contribution in [2.24, 2.45) is 0 Å². The number of nitrogens with one attached hydrogen (secondary N) is 1. The fraction of sp³-hybridized carbons (Fsp3) is 0.318. The molecule has 0 fully saturated rings. The van der Waals surface area contributed by atoms with Gasteiger partial charge >= 0.3 is 6.03 Å². The molecule has 0 radical (unpaired) electrons. The molecular weight excluding hydrogens is 404 g/mol. The molecule has 1 N–H and O–H groups in total. The highest BCUT2D eigenvalue weighted by Gasteiger charge is 2.26. The van der Waals surface area contributed by atoms with E-state index < -0.39 is 6.04 Å². The van der Waals surface area contributed by atoms with Crippen molar-refractivity contribution < 1.29 is 9.53 Å². The second-order valence-electron chi connectivity index (χ2n) is 6.84. The van der Waals surface area contributed by atoms with Gasteiger partial charge in [0.25, 0.3) is 5.56 Å². The zero-order valence-corrected chi connectivity index (χ0v) is 18.0. The number of urea groups is 1. The number of para-hydroxylation sites is 1. The third kappa shape index (κ3) is 4.63. The standard InChI is InChI=1S/C22H25ClN4O3/c1-4-26-20(25-19-14-16(23)10-11-18(19)21(26)28)15(2)27(12-13-30-3)22(29)24-17-8-6-5-7-9-17/h5-11,14-15H,4,12-13H2,1-3H3,(H,24,29). The molecule has 0 bridgehead atoms. The lowest BCUT2D eigenvalue weighted by atomic mass is 10.2. The molecule has 1 unspecified atom stereocenters. The third-order valence-corrected chi connectivity index (χ3v) is 5.16. The van der Waals surface area contributed by atoms with Crippen LogP contribution in [-0.2, 0) is 11.3 Å². The van der Waals surface area contributed by atoms with E-state index in [1.807, 2.05) is 44.2 Å². The number of halogens is 1. The number of aromatic nitrogens is 2. The molecule has 0 aliphatic heterocycles. The van der Waals surface area contributed by atoms with Crippen LogP contribution in [0.5, 0.6) is 0 Å². The van der Waals surface area contributed by atoms with Gasteiger partial charge in [0.15, 0.2) is 0 Å². The maximum absolute atomic E-state index is 13.1. The van der Waals surface area contributed by atoms with Crippen molar-refractivity contribution in [2.75, 3.05) is 25.6 Å². The molecule has 1 heterocycles. The lowest BCUT2D eigenvalue weighted by Gasteiger charge is -2.30. The molecule has 2 amide bonds. The highest BCUT2D eigenvalue weighted by atomic mass is 35.5. The number of anilines is 1. The minimum absolute atomic E-state index is 0.156. The van der Waals surface area contributed by atoms with E-state index >= 15 is 0 Å². The van der Waals surface area contributed by atoms with Gasteiger partial charge in [-0.25, -0.2) is 9.78 Å². The number of carbonyl (C=O) groups excluding carboxylic acids is 1.